The lowest BCUT2D eigenvalue weighted by Gasteiger charge is -2.07. The third kappa shape index (κ3) is 4.55. The summed E-state index contributed by atoms with van der Waals surface area (Å²) in [4.78, 5) is 23.0. The minimum atomic E-state index is -0.171. The first-order valence-corrected chi connectivity index (χ1v) is 6.00. The van der Waals surface area contributed by atoms with E-state index in [-0.39, 0.29) is 18.4 Å². The molecule has 1 rings (SSSR count). The van der Waals surface area contributed by atoms with E-state index in [1.54, 1.807) is 31.3 Å². The molecule has 0 fully saturated rings. The summed E-state index contributed by atoms with van der Waals surface area (Å²) in [5.74, 6) is -0.285. The molecule has 18 heavy (non-hydrogen) atoms. The van der Waals surface area contributed by atoms with Crippen LogP contribution in [0.5, 0.6) is 0 Å². The van der Waals surface area contributed by atoms with Gasteiger partial charge in [-0.25, -0.2) is 0 Å². The van der Waals surface area contributed by atoms with Crippen molar-refractivity contribution < 1.29 is 9.59 Å². The van der Waals surface area contributed by atoms with Crippen LogP contribution in [0.2, 0.25) is 0 Å². The monoisotopic (exact) mass is 249 g/mol. The average molecular weight is 249 g/mol. The highest BCUT2D eigenvalue weighted by atomic mass is 16.2. The molecule has 0 unspecified atom stereocenters. The summed E-state index contributed by atoms with van der Waals surface area (Å²) < 4.78 is 0. The van der Waals surface area contributed by atoms with E-state index in [1.165, 1.54) is 0 Å². The minimum absolute atomic E-state index is 0.113. The fourth-order valence-corrected chi connectivity index (χ4v) is 1.47. The summed E-state index contributed by atoms with van der Waals surface area (Å²) in [6.45, 7) is 3.13. The van der Waals surface area contributed by atoms with Crippen LogP contribution in [-0.2, 0) is 4.79 Å². The van der Waals surface area contributed by atoms with Crippen molar-refractivity contribution in [2.24, 2.45) is 0 Å². The topological polar surface area (TPSA) is 70.2 Å². The number of nitrogens with one attached hydrogen (secondary N) is 3. The number of benzene rings is 1. The van der Waals surface area contributed by atoms with E-state index >= 15 is 0 Å². The minimum Gasteiger partial charge on any atom is -0.355 e. The summed E-state index contributed by atoms with van der Waals surface area (Å²) in [7, 11) is 1.57. The molecule has 0 atom stereocenters. The fourth-order valence-electron chi connectivity index (χ4n) is 1.47. The molecule has 98 valence electrons. The van der Waals surface area contributed by atoms with Crippen LogP contribution in [0.1, 0.15) is 23.7 Å². The standard InChI is InChI=1S/C13H19N3O2/c1-3-7-15-9-12(17)16-11-6-4-5-10(8-11)13(18)14-2/h4-6,8,15H,3,7,9H2,1-2H3,(H,14,18)(H,16,17). The first-order valence-electron chi connectivity index (χ1n) is 6.00. The third-order valence-corrected chi connectivity index (χ3v) is 2.35. The number of hydrogen-bond acceptors (Lipinski definition) is 3. The van der Waals surface area contributed by atoms with Gasteiger partial charge in [0.2, 0.25) is 5.91 Å². The quantitative estimate of drug-likeness (QED) is 0.658. The summed E-state index contributed by atoms with van der Waals surface area (Å²) in [5.41, 5.74) is 1.15. The number of carbonyl (C=O) groups is 2. The van der Waals surface area contributed by atoms with Gasteiger partial charge < -0.3 is 16.0 Å². The second kappa shape index (κ2) is 7.45. The smallest absolute Gasteiger partial charge is 0.251 e. The van der Waals surface area contributed by atoms with Crippen LogP contribution < -0.4 is 16.0 Å². The molecular formula is C13H19N3O2. The molecule has 1 aromatic carbocycles. The average Bonchev–Trinajstić information content (AvgIpc) is 2.38. The van der Waals surface area contributed by atoms with E-state index in [4.69, 9.17) is 0 Å². The van der Waals surface area contributed by atoms with Gasteiger partial charge in [0.1, 0.15) is 0 Å². The van der Waals surface area contributed by atoms with Crippen molar-refractivity contribution >= 4 is 17.5 Å². The molecule has 0 heterocycles. The van der Waals surface area contributed by atoms with Gasteiger partial charge in [-0.05, 0) is 31.2 Å². The van der Waals surface area contributed by atoms with Gasteiger partial charge in [0, 0.05) is 18.3 Å². The summed E-state index contributed by atoms with van der Waals surface area (Å²) in [5, 5.41) is 8.29. The van der Waals surface area contributed by atoms with E-state index in [9.17, 15) is 9.59 Å². The van der Waals surface area contributed by atoms with Gasteiger partial charge in [-0.1, -0.05) is 13.0 Å². The lowest BCUT2D eigenvalue weighted by atomic mass is 10.2. The highest BCUT2D eigenvalue weighted by molar-refractivity contribution is 5.97. The Kier molecular flexibility index (Phi) is 5.87. The molecule has 0 aliphatic rings. The van der Waals surface area contributed by atoms with Gasteiger partial charge in [0.25, 0.3) is 5.91 Å². The molecular weight excluding hydrogens is 230 g/mol. The van der Waals surface area contributed by atoms with Crippen molar-refractivity contribution in [2.75, 3.05) is 25.5 Å². The molecule has 0 spiro atoms. The number of rotatable bonds is 6. The van der Waals surface area contributed by atoms with Gasteiger partial charge in [-0.2, -0.15) is 0 Å². The predicted molar refractivity (Wildman–Crippen MR) is 71.6 cm³/mol. The Bertz CT molecular complexity index is 418. The van der Waals surface area contributed by atoms with Crippen molar-refractivity contribution in [1.29, 1.82) is 0 Å². The Hall–Kier alpha value is -1.88. The molecule has 0 aliphatic carbocycles. The van der Waals surface area contributed by atoms with Crippen LogP contribution in [-0.4, -0.2) is 32.0 Å². The molecule has 2 amide bonds. The maximum atomic E-state index is 11.6. The predicted octanol–water partition coefficient (Wildman–Crippen LogP) is 0.984. The van der Waals surface area contributed by atoms with Crippen LogP contribution >= 0.6 is 0 Å². The van der Waals surface area contributed by atoms with Crippen LogP contribution in [0, 0.1) is 0 Å². The largest absolute Gasteiger partial charge is 0.355 e. The number of anilines is 1. The van der Waals surface area contributed by atoms with Crippen LogP contribution in [0.4, 0.5) is 5.69 Å². The Morgan fingerprint density at radius 2 is 2.06 bits per heavy atom. The normalized spacial score (nSPS) is 9.89. The molecule has 1 aromatic rings. The van der Waals surface area contributed by atoms with Crippen LogP contribution in [0.15, 0.2) is 24.3 Å². The zero-order chi connectivity index (χ0) is 13.4. The van der Waals surface area contributed by atoms with Crippen molar-refractivity contribution in [3.63, 3.8) is 0 Å². The molecule has 0 aliphatic heterocycles. The van der Waals surface area contributed by atoms with E-state index in [1.807, 2.05) is 6.92 Å². The van der Waals surface area contributed by atoms with Crippen molar-refractivity contribution in [1.82, 2.24) is 10.6 Å². The number of carbonyl (C=O) groups excluding carboxylic acids is 2. The highest BCUT2D eigenvalue weighted by Crippen LogP contribution is 2.10. The van der Waals surface area contributed by atoms with Gasteiger partial charge in [0.05, 0.1) is 6.54 Å². The second-order valence-corrected chi connectivity index (χ2v) is 3.88. The SMILES string of the molecule is CCCNCC(=O)Nc1cccc(C(=O)NC)c1. The molecule has 3 N–H and O–H groups in total. The fraction of sp³-hybridized carbons (Fsp3) is 0.385. The first-order chi connectivity index (χ1) is 8.67. The lowest BCUT2D eigenvalue weighted by Crippen LogP contribution is -2.28. The molecule has 0 saturated carbocycles. The number of hydrogen-bond donors (Lipinski definition) is 3. The maximum absolute atomic E-state index is 11.6. The molecule has 0 bridgehead atoms. The first kappa shape index (κ1) is 14.2. The zero-order valence-corrected chi connectivity index (χ0v) is 10.7. The van der Waals surface area contributed by atoms with Crippen LogP contribution in [0.3, 0.4) is 0 Å². The molecule has 5 heteroatoms. The Morgan fingerprint density at radius 1 is 1.28 bits per heavy atom. The summed E-state index contributed by atoms with van der Waals surface area (Å²) >= 11 is 0. The third-order valence-electron chi connectivity index (χ3n) is 2.35. The van der Waals surface area contributed by atoms with E-state index in [0.717, 1.165) is 13.0 Å². The Balaban J connectivity index is 2.56. The van der Waals surface area contributed by atoms with Crippen molar-refractivity contribution in [3.8, 4) is 0 Å². The molecule has 0 aromatic heterocycles. The Morgan fingerprint density at radius 3 is 2.72 bits per heavy atom. The van der Waals surface area contributed by atoms with Crippen molar-refractivity contribution in [3.05, 3.63) is 29.8 Å². The van der Waals surface area contributed by atoms with Crippen LogP contribution in [0.25, 0.3) is 0 Å². The second-order valence-electron chi connectivity index (χ2n) is 3.88. The summed E-state index contributed by atoms with van der Waals surface area (Å²) in [6, 6.07) is 6.84. The van der Waals surface area contributed by atoms with E-state index in [2.05, 4.69) is 16.0 Å². The molecule has 0 saturated heterocycles. The number of amides is 2. The van der Waals surface area contributed by atoms with E-state index < -0.39 is 0 Å². The molecule has 5 nitrogen and oxygen atoms in total. The highest BCUT2D eigenvalue weighted by Gasteiger charge is 2.05. The van der Waals surface area contributed by atoms with E-state index in [0.29, 0.717) is 11.3 Å². The van der Waals surface area contributed by atoms with Gasteiger partial charge in [0.15, 0.2) is 0 Å². The zero-order valence-electron chi connectivity index (χ0n) is 10.7. The lowest BCUT2D eigenvalue weighted by molar-refractivity contribution is -0.115. The van der Waals surface area contributed by atoms with Gasteiger partial charge in [-0.15, -0.1) is 0 Å². The summed E-state index contributed by atoms with van der Waals surface area (Å²) in [6.07, 6.45) is 0.986. The van der Waals surface area contributed by atoms with Gasteiger partial charge >= 0.3 is 0 Å². The van der Waals surface area contributed by atoms with Crippen molar-refractivity contribution in [2.45, 2.75) is 13.3 Å². The van der Waals surface area contributed by atoms with Gasteiger partial charge in [-0.3, -0.25) is 9.59 Å². The maximum Gasteiger partial charge on any atom is 0.251 e. The molecule has 0 radical (unpaired) electrons. The Labute approximate surface area is 107 Å².